The van der Waals surface area contributed by atoms with Gasteiger partial charge in [0.15, 0.2) is 0 Å². The highest BCUT2D eigenvalue weighted by Crippen LogP contribution is 2.23. The monoisotopic (exact) mass is 301 g/mol. The van der Waals surface area contributed by atoms with Gasteiger partial charge in [-0.05, 0) is 59.9 Å². The average molecular weight is 302 g/mol. The summed E-state index contributed by atoms with van der Waals surface area (Å²) >= 11 is 5.07. The number of halogens is 1. The molecule has 0 bridgehead atoms. The second-order valence-electron chi connectivity index (χ2n) is 4.32. The topological polar surface area (TPSA) is 29.1 Å². The van der Waals surface area contributed by atoms with E-state index in [0.717, 1.165) is 35.6 Å². The Kier molecular flexibility index (Phi) is 4.55. The minimum Gasteiger partial charge on any atom is -0.316 e. The number of thiophene rings is 1. The lowest BCUT2D eigenvalue weighted by Gasteiger charge is -2.06. The maximum Gasteiger partial charge on any atom is 0.138 e. The van der Waals surface area contributed by atoms with Gasteiger partial charge in [0.1, 0.15) is 5.78 Å². The Morgan fingerprint density at radius 2 is 2.44 bits per heavy atom. The van der Waals surface area contributed by atoms with Gasteiger partial charge in [0, 0.05) is 17.7 Å². The first kappa shape index (κ1) is 12.3. The molecule has 0 spiro atoms. The molecule has 4 heteroatoms. The van der Waals surface area contributed by atoms with Crippen molar-refractivity contribution >= 4 is 33.0 Å². The number of carbonyl (C=O) groups is 1. The van der Waals surface area contributed by atoms with Gasteiger partial charge in [-0.3, -0.25) is 4.79 Å². The van der Waals surface area contributed by atoms with Crippen molar-refractivity contribution < 1.29 is 4.79 Å². The van der Waals surface area contributed by atoms with E-state index in [1.807, 2.05) is 12.1 Å². The zero-order valence-electron chi connectivity index (χ0n) is 9.17. The van der Waals surface area contributed by atoms with Crippen LogP contribution in [0.3, 0.4) is 0 Å². The van der Waals surface area contributed by atoms with E-state index in [4.69, 9.17) is 0 Å². The summed E-state index contributed by atoms with van der Waals surface area (Å²) in [5.41, 5.74) is 0. The van der Waals surface area contributed by atoms with Crippen molar-refractivity contribution in [3.05, 3.63) is 20.8 Å². The Labute approximate surface area is 109 Å². The molecule has 2 heterocycles. The van der Waals surface area contributed by atoms with E-state index in [1.165, 1.54) is 11.3 Å². The van der Waals surface area contributed by atoms with Crippen molar-refractivity contribution in [1.29, 1.82) is 0 Å². The molecule has 0 radical (unpaired) electrons. The van der Waals surface area contributed by atoms with E-state index in [2.05, 4.69) is 21.2 Å². The van der Waals surface area contributed by atoms with Crippen LogP contribution < -0.4 is 5.32 Å². The van der Waals surface area contributed by atoms with Crippen molar-refractivity contribution in [2.24, 2.45) is 5.92 Å². The van der Waals surface area contributed by atoms with Gasteiger partial charge < -0.3 is 5.32 Å². The van der Waals surface area contributed by atoms with Crippen LogP contribution in [0, 0.1) is 5.92 Å². The first-order chi connectivity index (χ1) is 7.74. The molecule has 1 atom stereocenters. The highest BCUT2D eigenvalue weighted by atomic mass is 79.9. The molecule has 0 amide bonds. The predicted octanol–water partition coefficient (Wildman–Crippen LogP) is 3.01. The van der Waals surface area contributed by atoms with Crippen molar-refractivity contribution in [3.8, 4) is 0 Å². The molecule has 1 aliphatic heterocycles. The largest absolute Gasteiger partial charge is 0.316 e. The lowest BCUT2D eigenvalue weighted by Crippen LogP contribution is -2.11. The quantitative estimate of drug-likeness (QED) is 0.906. The molecule has 1 N–H and O–H groups in total. The van der Waals surface area contributed by atoms with Gasteiger partial charge in [-0.1, -0.05) is 0 Å². The lowest BCUT2D eigenvalue weighted by atomic mass is 10.00. The van der Waals surface area contributed by atoms with E-state index < -0.39 is 0 Å². The summed E-state index contributed by atoms with van der Waals surface area (Å²) in [7, 11) is 0. The Bertz CT molecular complexity index is 358. The molecular weight excluding hydrogens is 286 g/mol. The second-order valence-corrected chi connectivity index (χ2v) is 6.87. The van der Waals surface area contributed by atoms with E-state index in [1.54, 1.807) is 11.3 Å². The molecular formula is C12H16BrNOS. The first-order valence-electron chi connectivity index (χ1n) is 5.70. The van der Waals surface area contributed by atoms with Gasteiger partial charge in [0.2, 0.25) is 0 Å². The van der Waals surface area contributed by atoms with E-state index >= 15 is 0 Å². The van der Waals surface area contributed by atoms with Crippen LogP contribution in [0.15, 0.2) is 15.9 Å². The summed E-state index contributed by atoms with van der Waals surface area (Å²) in [5.74, 6) is 1.10. The maximum absolute atomic E-state index is 11.7. The summed E-state index contributed by atoms with van der Waals surface area (Å²) in [4.78, 5) is 12.9. The van der Waals surface area contributed by atoms with Crippen LogP contribution in [0.2, 0.25) is 0 Å². The molecule has 16 heavy (non-hydrogen) atoms. The number of hydrogen-bond acceptors (Lipinski definition) is 3. The standard InChI is InChI=1S/C12H16BrNOS/c13-12-4-3-11(16-12)7-10(15)2-1-9-5-6-14-8-9/h3-4,9,14H,1-2,5-8H2. The molecule has 0 saturated carbocycles. The van der Waals surface area contributed by atoms with E-state index in [0.29, 0.717) is 12.2 Å². The van der Waals surface area contributed by atoms with Crippen LogP contribution in [0.1, 0.15) is 24.1 Å². The fraction of sp³-hybridized carbons (Fsp3) is 0.583. The fourth-order valence-corrected chi connectivity index (χ4v) is 3.57. The van der Waals surface area contributed by atoms with Crippen LogP contribution in [0.5, 0.6) is 0 Å². The van der Waals surface area contributed by atoms with E-state index in [9.17, 15) is 4.79 Å². The maximum atomic E-state index is 11.7. The smallest absolute Gasteiger partial charge is 0.138 e. The third-order valence-corrected chi connectivity index (χ3v) is 4.62. The van der Waals surface area contributed by atoms with Crippen LogP contribution in [0.4, 0.5) is 0 Å². The van der Waals surface area contributed by atoms with Gasteiger partial charge >= 0.3 is 0 Å². The van der Waals surface area contributed by atoms with Gasteiger partial charge in [0.25, 0.3) is 0 Å². The van der Waals surface area contributed by atoms with Gasteiger partial charge in [-0.15, -0.1) is 11.3 Å². The average Bonchev–Trinajstić information content (AvgIpc) is 2.87. The molecule has 1 fully saturated rings. The lowest BCUT2D eigenvalue weighted by molar-refractivity contribution is -0.118. The molecule has 1 aliphatic rings. The van der Waals surface area contributed by atoms with Gasteiger partial charge in [0.05, 0.1) is 3.79 Å². The summed E-state index contributed by atoms with van der Waals surface area (Å²) < 4.78 is 1.11. The minimum atomic E-state index is 0.376. The Hall–Kier alpha value is -0.190. The highest BCUT2D eigenvalue weighted by Gasteiger charge is 2.15. The molecule has 1 aromatic rings. The molecule has 2 rings (SSSR count). The Morgan fingerprint density at radius 3 is 3.06 bits per heavy atom. The minimum absolute atomic E-state index is 0.376. The summed E-state index contributed by atoms with van der Waals surface area (Å²) in [6.07, 6.45) is 3.63. The highest BCUT2D eigenvalue weighted by molar-refractivity contribution is 9.11. The number of carbonyl (C=O) groups excluding carboxylic acids is 1. The Morgan fingerprint density at radius 1 is 1.56 bits per heavy atom. The van der Waals surface area contributed by atoms with Crippen molar-refractivity contribution in [3.63, 3.8) is 0 Å². The summed E-state index contributed by atoms with van der Waals surface area (Å²) in [5, 5.41) is 3.33. The number of Topliss-reactive ketones (excluding diaryl/α,β-unsaturated/α-hetero) is 1. The van der Waals surface area contributed by atoms with Gasteiger partial charge in [-0.2, -0.15) is 0 Å². The van der Waals surface area contributed by atoms with Crippen LogP contribution >= 0.6 is 27.3 Å². The SMILES string of the molecule is O=C(CCC1CCNC1)Cc1ccc(Br)s1. The Balaban J connectivity index is 1.71. The van der Waals surface area contributed by atoms with Crippen molar-refractivity contribution in [1.82, 2.24) is 5.32 Å². The molecule has 1 saturated heterocycles. The van der Waals surface area contributed by atoms with E-state index in [-0.39, 0.29) is 0 Å². The van der Waals surface area contributed by atoms with Crippen LogP contribution in [-0.4, -0.2) is 18.9 Å². The van der Waals surface area contributed by atoms with Crippen LogP contribution in [0.25, 0.3) is 0 Å². The second kappa shape index (κ2) is 5.94. The molecule has 0 aliphatic carbocycles. The third kappa shape index (κ3) is 3.68. The van der Waals surface area contributed by atoms with Gasteiger partial charge in [-0.25, -0.2) is 0 Å². The normalized spacial score (nSPS) is 20.2. The molecule has 2 nitrogen and oxygen atoms in total. The molecule has 1 aromatic heterocycles. The van der Waals surface area contributed by atoms with Crippen molar-refractivity contribution in [2.45, 2.75) is 25.7 Å². The fourth-order valence-electron chi connectivity index (χ4n) is 2.06. The molecule has 0 aromatic carbocycles. The zero-order chi connectivity index (χ0) is 11.4. The predicted molar refractivity (Wildman–Crippen MR) is 70.9 cm³/mol. The number of ketones is 1. The number of hydrogen-bond donors (Lipinski definition) is 1. The molecule has 88 valence electrons. The first-order valence-corrected chi connectivity index (χ1v) is 7.31. The van der Waals surface area contributed by atoms with Crippen LogP contribution in [-0.2, 0) is 11.2 Å². The number of rotatable bonds is 5. The summed E-state index contributed by atoms with van der Waals surface area (Å²) in [6.45, 7) is 2.22. The van der Waals surface area contributed by atoms with Crippen molar-refractivity contribution in [2.75, 3.05) is 13.1 Å². The molecule has 1 unspecified atom stereocenters. The zero-order valence-corrected chi connectivity index (χ0v) is 11.6. The third-order valence-electron chi connectivity index (χ3n) is 2.99. The summed E-state index contributed by atoms with van der Waals surface area (Å²) in [6, 6.07) is 4.04. The number of nitrogens with one attached hydrogen (secondary N) is 1.